The summed E-state index contributed by atoms with van der Waals surface area (Å²) in [5.74, 6) is 0.148. The van der Waals surface area contributed by atoms with E-state index in [-0.39, 0.29) is 18.0 Å². The molecule has 1 fully saturated rings. The van der Waals surface area contributed by atoms with Gasteiger partial charge in [-0.1, -0.05) is 6.07 Å². The lowest BCUT2D eigenvalue weighted by molar-refractivity contribution is -0.131. The number of amides is 1. The van der Waals surface area contributed by atoms with Gasteiger partial charge in [-0.3, -0.25) is 4.79 Å². The maximum absolute atomic E-state index is 12.0. The van der Waals surface area contributed by atoms with Gasteiger partial charge in [-0.2, -0.15) is 0 Å². The molecule has 2 unspecified atom stereocenters. The number of carbonyl (C=O) groups is 1. The fraction of sp³-hybridized carbons (Fsp3) is 0.429. The fourth-order valence-electron chi connectivity index (χ4n) is 2.78. The van der Waals surface area contributed by atoms with Crippen LogP contribution in [0.5, 0.6) is 0 Å². The molecule has 0 spiro atoms. The highest BCUT2D eigenvalue weighted by Gasteiger charge is 2.31. The largest absolute Gasteiger partial charge is 0.336 e. The molecule has 5 heteroatoms. The van der Waals surface area contributed by atoms with Gasteiger partial charge in [-0.25, -0.2) is 4.98 Å². The summed E-state index contributed by atoms with van der Waals surface area (Å²) in [6, 6.07) is 5.68. The molecule has 3 heterocycles. The van der Waals surface area contributed by atoms with Crippen LogP contribution in [0.25, 0.3) is 5.65 Å². The standard InChI is InChI=1S/C14H18N4O/c1-17-13(19)7-4-5-10(15)14(17)11-9-18-8-3-2-6-12(18)16-11/h2-3,6,8-10,14H,4-5,7,15H2,1H3. The monoisotopic (exact) mass is 258 g/mol. The van der Waals surface area contributed by atoms with E-state index in [1.54, 1.807) is 4.90 Å². The molecule has 100 valence electrons. The number of carbonyl (C=O) groups excluding carboxylic acids is 1. The Kier molecular flexibility index (Phi) is 2.98. The first-order valence-corrected chi connectivity index (χ1v) is 6.61. The molecular weight excluding hydrogens is 240 g/mol. The van der Waals surface area contributed by atoms with E-state index in [4.69, 9.17) is 5.73 Å². The van der Waals surface area contributed by atoms with E-state index in [0.717, 1.165) is 24.2 Å². The molecule has 1 aliphatic heterocycles. The average molecular weight is 258 g/mol. The number of fused-ring (bicyclic) bond motifs is 1. The van der Waals surface area contributed by atoms with Gasteiger partial charge in [0.05, 0.1) is 11.7 Å². The highest BCUT2D eigenvalue weighted by molar-refractivity contribution is 5.76. The van der Waals surface area contributed by atoms with Crippen LogP contribution in [0.4, 0.5) is 0 Å². The molecule has 0 saturated carbocycles. The number of rotatable bonds is 1. The molecule has 5 nitrogen and oxygen atoms in total. The van der Waals surface area contributed by atoms with Crippen LogP contribution < -0.4 is 5.73 Å². The van der Waals surface area contributed by atoms with Gasteiger partial charge >= 0.3 is 0 Å². The summed E-state index contributed by atoms with van der Waals surface area (Å²) in [7, 11) is 1.82. The lowest BCUT2D eigenvalue weighted by atomic mass is 10.0. The first-order chi connectivity index (χ1) is 9.16. The maximum atomic E-state index is 12.0. The van der Waals surface area contributed by atoms with E-state index in [2.05, 4.69) is 4.98 Å². The minimum absolute atomic E-state index is 0.0543. The van der Waals surface area contributed by atoms with Gasteiger partial charge in [-0.05, 0) is 25.0 Å². The molecule has 2 N–H and O–H groups in total. The van der Waals surface area contributed by atoms with Crippen LogP contribution in [0, 0.1) is 0 Å². The number of nitrogens with two attached hydrogens (primary N) is 1. The third kappa shape index (κ3) is 2.10. The van der Waals surface area contributed by atoms with Gasteiger partial charge in [0.2, 0.25) is 5.91 Å². The van der Waals surface area contributed by atoms with E-state index in [1.165, 1.54) is 0 Å². The second kappa shape index (κ2) is 4.66. The van der Waals surface area contributed by atoms with Crippen molar-refractivity contribution in [3.8, 4) is 0 Å². The molecule has 2 aromatic rings. The number of imidazole rings is 1. The van der Waals surface area contributed by atoms with Crippen molar-refractivity contribution >= 4 is 11.6 Å². The van der Waals surface area contributed by atoms with Crippen molar-refractivity contribution in [1.82, 2.24) is 14.3 Å². The molecule has 1 amide bonds. The Balaban J connectivity index is 2.04. The second-order valence-corrected chi connectivity index (χ2v) is 5.14. The first-order valence-electron chi connectivity index (χ1n) is 6.61. The Labute approximate surface area is 112 Å². The zero-order chi connectivity index (χ0) is 13.4. The van der Waals surface area contributed by atoms with Crippen molar-refractivity contribution < 1.29 is 4.79 Å². The minimum atomic E-state index is -0.130. The molecule has 0 bridgehead atoms. The molecule has 0 radical (unpaired) electrons. The molecule has 2 aromatic heterocycles. The van der Waals surface area contributed by atoms with Crippen molar-refractivity contribution in [1.29, 1.82) is 0 Å². The first kappa shape index (κ1) is 12.2. The van der Waals surface area contributed by atoms with Crippen LogP contribution in [0.1, 0.15) is 31.0 Å². The van der Waals surface area contributed by atoms with Crippen LogP contribution in [0.2, 0.25) is 0 Å². The zero-order valence-electron chi connectivity index (χ0n) is 11.0. The fourth-order valence-corrected chi connectivity index (χ4v) is 2.78. The molecule has 0 aliphatic carbocycles. The van der Waals surface area contributed by atoms with Crippen molar-refractivity contribution in [3.63, 3.8) is 0 Å². The van der Waals surface area contributed by atoms with Crippen LogP contribution in [0.15, 0.2) is 30.6 Å². The lowest BCUT2D eigenvalue weighted by Crippen LogP contribution is -2.40. The van der Waals surface area contributed by atoms with Crippen LogP contribution in [-0.4, -0.2) is 33.3 Å². The van der Waals surface area contributed by atoms with Crippen LogP contribution in [0.3, 0.4) is 0 Å². The molecule has 2 atom stereocenters. The summed E-state index contributed by atoms with van der Waals surface area (Å²) in [6.07, 6.45) is 6.21. The average Bonchev–Trinajstić information content (AvgIpc) is 2.76. The smallest absolute Gasteiger partial charge is 0.222 e. The Morgan fingerprint density at radius 1 is 1.42 bits per heavy atom. The SMILES string of the molecule is CN1C(=O)CCCC(N)C1c1cn2ccccc2n1. The van der Waals surface area contributed by atoms with Gasteiger partial charge in [0, 0.05) is 31.9 Å². The quantitative estimate of drug-likeness (QED) is 0.839. The number of nitrogens with zero attached hydrogens (tertiary/aromatic N) is 3. The minimum Gasteiger partial charge on any atom is -0.336 e. The highest BCUT2D eigenvalue weighted by Crippen LogP contribution is 2.28. The maximum Gasteiger partial charge on any atom is 0.222 e. The highest BCUT2D eigenvalue weighted by atomic mass is 16.2. The Morgan fingerprint density at radius 3 is 3.05 bits per heavy atom. The molecule has 3 rings (SSSR count). The van der Waals surface area contributed by atoms with Gasteiger partial charge in [0.15, 0.2) is 0 Å². The van der Waals surface area contributed by atoms with Crippen molar-refractivity contribution in [3.05, 3.63) is 36.3 Å². The van der Waals surface area contributed by atoms with Gasteiger partial charge < -0.3 is 15.0 Å². The summed E-state index contributed by atoms with van der Waals surface area (Å²) < 4.78 is 1.96. The van der Waals surface area contributed by atoms with E-state index in [0.29, 0.717) is 6.42 Å². The van der Waals surface area contributed by atoms with Crippen LogP contribution >= 0.6 is 0 Å². The van der Waals surface area contributed by atoms with Gasteiger partial charge in [0.1, 0.15) is 5.65 Å². The van der Waals surface area contributed by atoms with E-state index in [9.17, 15) is 4.79 Å². The zero-order valence-corrected chi connectivity index (χ0v) is 11.0. The van der Waals surface area contributed by atoms with Gasteiger partial charge in [-0.15, -0.1) is 0 Å². The van der Waals surface area contributed by atoms with Gasteiger partial charge in [0.25, 0.3) is 0 Å². The molecule has 1 aliphatic rings. The van der Waals surface area contributed by atoms with Crippen molar-refractivity contribution in [2.24, 2.45) is 5.73 Å². The number of likely N-dealkylation sites (tertiary alicyclic amines) is 1. The normalized spacial score (nSPS) is 24.7. The van der Waals surface area contributed by atoms with E-state index < -0.39 is 0 Å². The second-order valence-electron chi connectivity index (χ2n) is 5.14. The number of pyridine rings is 1. The molecule has 1 saturated heterocycles. The molecule has 19 heavy (non-hydrogen) atoms. The lowest BCUT2D eigenvalue weighted by Gasteiger charge is -2.28. The summed E-state index contributed by atoms with van der Waals surface area (Å²) >= 11 is 0. The molecular formula is C14H18N4O. The predicted molar refractivity (Wildman–Crippen MR) is 72.5 cm³/mol. The summed E-state index contributed by atoms with van der Waals surface area (Å²) in [5, 5.41) is 0. The Hall–Kier alpha value is -1.88. The number of hydrogen-bond donors (Lipinski definition) is 1. The third-order valence-electron chi connectivity index (χ3n) is 3.83. The van der Waals surface area contributed by atoms with Crippen molar-refractivity contribution in [2.75, 3.05) is 7.05 Å². The van der Waals surface area contributed by atoms with E-state index in [1.807, 2.05) is 42.0 Å². The summed E-state index contributed by atoms with van der Waals surface area (Å²) in [4.78, 5) is 18.3. The Morgan fingerprint density at radius 2 is 2.26 bits per heavy atom. The number of likely N-dealkylation sites (N-methyl/N-ethyl adjacent to an activating group) is 1. The Bertz CT molecular complexity index is 573. The number of aromatic nitrogens is 2. The predicted octanol–water partition coefficient (Wildman–Crippen LogP) is 1.34. The third-order valence-corrected chi connectivity index (χ3v) is 3.83. The van der Waals surface area contributed by atoms with Crippen LogP contribution in [-0.2, 0) is 4.79 Å². The van der Waals surface area contributed by atoms with E-state index >= 15 is 0 Å². The molecule has 0 aromatic carbocycles. The summed E-state index contributed by atoms with van der Waals surface area (Å²) in [6.45, 7) is 0. The van der Waals surface area contributed by atoms with Crippen molar-refractivity contribution in [2.45, 2.75) is 31.3 Å². The number of hydrogen-bond acceptors (Lipinski definition) is 3. The summed E-state index contributed by atoms with van der Waals surface area (Å²) in [5.41, 5.74) is 8.00. The topological polar surface area (TPSA) is 63.6 Å².